The van der Waals surface area contributed by atoms with Crippen molar-refractivity contribution in [2.75, 3.05) is 18.0 Å². The van der Waals surface area contributed by atoms with Crippen molar-refractivity contribution in [3.63, 3.8) is 0 Å². The van der Waals surface area contributed by atoms with Gasteiger partial charge >= 0.3 is 0 Å². The lowest BCUT2D eigenvalue weighted by molar-refractivity contribution is 0.795. The SMILES string of the molecule is CCCN(CC)c1ccc(C(N)=S)c2ccccc12. The van der Waals surface area contributed by atoms with Crippen LogP contribution in [0.5, 0.6) is 0 Å². The molecule has 0 aliphatic heterocycles. The van der Waals surface area contributed by atoms with Crippen LogP contribution in [-0.2, 0) is 0 Å². The first-order valence-electron chi connectivity index (χ1n) is 6.75. The van der Waals surface area contributed by atoms with Crippen molar-refractivity contribution in [2.24, 2.45) is 5.73 Å². The summed E-state index contributed by atoms with van der Waals surface area (Å²) in [5, 5.41) is 2.37. The molecule has 100 valence electrons. The third-order valence-electron chi connectivity index (χ3n) is 3.38. The van der Waals surface area contributed by atoms with Gasteiger partial charge in [-0.25, -0.2) is 0 Å². The monoisotopic (exact) mass is 272 g/mol. The molecule has 2 aromatic carbocycles. The maximum Gasteiger partial charge on any atom is 0.104 e. The van der Waals surface area contributed by atoms with Gasteiger partial charge in [0.2, 0.25) is 0 Å². The summed E-state index contributed by atoms with van der Waals surface area (Å²) in [6.45, 7) is 6.46. The Bertz CT molecular complexity index is 592. The van der Waals surface area contributed by atoms with Gasteiger partial charge in [-0.15, -0.1) is 0 Å². The molecule has 0 radical (unpaired) electrons. The molecule has 0 amide bonds. The minimum atomic E-state index is 0.460. The second-order valence-corrected chi connectivity index (χ2v) is 5.06. The maximum atomic E-state index is 5.82. The molecule has 0 unspecified atom stereocenters. The van der Waals surface area contributed by atoms with Gasteiger partial charge in [-0.1, -0.05) is 43.4 Å². The molecule has 2 nitrogen and oxygen atoms in total. The van der Waals surface area contributed by atoms with E-state index in [0.717, 1.165) is 30.5 Å². The molecule has 0 spiro atoms. The van der Waals surface area contributed by atoms with Gasteiger partial charge in [-0.2, -0.15) is 0 Å². The molecule has 0 saturated heterocycles. The Balaban J connectivity index is 2.64. The number of hydrogen-bond donors (Lipinski definition) is 1. The zero-order valence-electron chi connectivity index (χ0n) is 11.5. The summed E-state index contributed by atoms with van der Waals surface area (Å²) in [5.41, 5.74) is 8.04. The summed E-state index contributed by atoms with van der Waals surface area (Å²) in [4.78, 5) is 2.85. The van der Waals surface area contributed by atoms with E-state index < -0.39 is 0 Å². The summed E-state index contributed by atoms with van der Waals surface area (Å²) in [6.07, 6.45) is 1.14. The molecule has 0 aliphatic rings. The second-order valence-electron chi connectivity index (χ2n) is 4.62. The molecule has 0 aliphatic carbocycles. The first-order chi connectivity index (χ1) is 9.19. The van der Waals surface area contributed by atoms with E-state index in [9.17, 15) is 0 Å². The number of fused-ring (bicyclic) bond motifs is 1. The average molecular weight is 272 g/mol. The second kappa shape index (κ2) is 6.02. The van der Waals surface area contributed by atoms with Gasteiger partial charge < -0.3 is 10.6 Å². The highest BCUT2D eigenvalue weighted by Gasteiger charge is 2.11. The Morgan fingerprint density at radius 1 is 1.11 bits per heavy atom. The van der Waals surface area contributed by atoms with E-state index >= 15 is 0 Å². The first-order valence-corrected chi connectivity index (χ1v) is 7.16. The van der Waals surface area contributed by atoms with E-state index in [1.165, 1.54) is 11.1 Å². The predicted octanol–water partition coefficient (Wildman–Crippen LogP) is 3.71. The van der Waals surface area contributed by atoms with E-state index in [0.29, 0.717) is 4.99 Å². The van der Waals surface area contributed by atoms with E-state index in [4.69, 9.17) is 18.0 Å². The lowest BCUT2D eigenvalue weighted by Crippen LogP contribution is -2.24. The van der Waals surface area contributed by atoms with Crippen LogP contribution in [0.25, 0.3) is 10.8 Å². The fourth-order valence-electron chi connectivity index (χ4n) is 2.49. The van der Waals surface area contributed by atoms with Crippen LogP contribution in [0.2, 0.25) is 0 Å². The van der Waals surface area contributed by atoms with Crippen LogP contribution in [0.3, 0.4) is 0 Å². The fraction of sp³-hybridized carbons (Fsp3) is 0.312. The molecule has 0 saturated carbocycles. The van der Waals surface area contributed by atoms with E-state index in [1.807, 2.05) is 12.1 Å². The molecule has 0 heterocycles. The lowest BCUT2D eigenvalue weighted by atomic mass is 10.0. The molecule has 0 aromatic heterocycles. The van der Waals surface area contributed by atoms with Crippen LogP contribution in [0.4, 0.5) is 5.69 Å². The highest BCUT2D eigenvalue weighted by Crippen LogP contribution is 2.29. The first kappa shape index (κ1) is 13.8. The molecule has 2 rings (SSSR count). The number of thiocarbonyl (C=S) groups is 1. The maximum absolute atomic E-state index is 5.82. The highest BCUT2D eigenvalue weighted by atomic mass is 32.1. The van der Waals surface area contributed by atoms with E-state index in [1.54, 1.807) is 0 Å². The molecule has 2 N–H and O–H groups in total. The van der Waals surface area contributed by atoms with E-state index in [-0.39, 0.29) is 0 Å². The standard InChI is InChI=1S/C16H20N2S/c1-3-11-18(4-2)15-10-9-14(16(17)19)12-7-5-6-8-13(12)15/h5-10H,3-4,11H2,1-2H3,(H2,17,19). The van der Waals surface area contributed by atoms with Crippen LogP contribution >= 0.6 is 12.2 Å². The number of anilines is 1. The number of hydrogen-bond acceptors (Lipinski definition) is 2. The molecular weight excluding hydrogens is 252 g/mol. The highest BCUT2D eigenvalue weighted by molar-refractivity contribution is 7.80. The van der Waals surface area contributed by atoms with Gasteiger partial charge in [0, 0.05) is 29.7 Å². The largest absolute Gasteiger partial charge is 0.389 e. The van der Waals surface area contributed by atoms with Crippen molar-refractivity contribution < 1.29 is 0 Å². The summed E-state index contributed by atoms with van der Waals surface area (Å²) < 4.78 is 0. The van der Waals surface area contributed by atoms with Crippen LogP contribution in [0.1, 0.15) is 25.8 Å². The minimum absolute atomic E-state index is 0.460. The van der Waals surface area contributed by atoms with E-state index in [2.05, 4.69) is 43.0 Å². The normalized spacial score (nSPS) is 10.6. The van der Waals surface area contributed by atoms with Crippen LogP contribution < -0.4 is 10.6 Å². The van der Waals surface area contributed by atoms with Gasteiger partial charge in [0.15, 0.2) is 0 Å². The molecule has 3 heteroatoms. The van der Waals surface area contributed by atoms with Gasteiger partial charge in [0.25, 0.3) is 0 Å². The third kappa shape index (κ3) is 2.71. The van der Waals surface area contributed by atoms with Crippen molar-refractivity contribution >= 4 is 33.7 Å². The summed E-state index contributed by atoms with van der Waals surface area (Å²) >= 11 is 5.14. The van der Waals surface area contributed by atoms with Crippen LogP contribution in [0.15, 0.2) is 36.4 Å². The molecule has 19 heavy (non-hydrogen) atoms. The number of benzene rings is 2. The summed E-state index contributed by atoms with van der Waals surface area (Å²) in [7, 11) is 0. The van der Waals surface area contributed by atoms with Crippen LogP contribution in [0, 0.1) is 0 Å². The van der Waals surface area contributed by atoms with Crippen molar-refractivity contribution in [1.82, 2.24) is 0 Å². The minimum Gasteiger partial charge on any atom is -0.389 e. The summed E-state index contributed by atoms with van der Waals surface area (Å²) in [6, 6.07) is 12.5. The van der Waals surface area contributed by atoms with Crippen LogP contribution in [-0.4, -0.2) is 18.1 Å². The molecule has 0 atom stereocenters. The smallest absolute Gasteiger partial charge is 0.104 e. The van der Waals surface area contributed by atoms with Gasteiger partial charge in [0.05, 0.1) is 0 Å². The predicted molar refractivity (Wildman–Crippen MR) is 88.0 cm³/mol. The lowest BCUT2D eigenvalue weighted by Gasteiger charge is -2.24. The van der Waals surface area contributed by atoms with Crippen molar-refractivity contribution in [3.8, 4) is 0 Å². The van der Waals surface area contributed by atoms with Crippen molar-refractivity contribution in [2.45, 2.75) is 20.3 Å². The topological polar surface area (TPSA) is 29.3 Å². The zero-order valence-corrected chi connectivity index (χ0v) is 12.3. The number of nitrogens with two attached hydrogens (primary N) is 1. The van der Waals surface area contributed by atoms with Gasteiger partial charge in [-0.05, 0) is 30.9 Å². The Labute approximate surface area is 120 Å². The molecule has 0 bridgehead atoms. The van der Waals surface area contributed by atoms with Crippen molar-refractivity contribution in [1.29, 1.82) is 0 Å². The molecule has 0 fully saturated rings. The Morgan fingerprint density at radius 2 is 1.79 bits per heavy atom. The Morgan fingerprint density at radius 3 is 2.37 bits per heavy atom. The zero-order chi connectivity index (χ0) is 13.8. The quantitative estimate of drug-likeness (QED) is 0.841. The molecule has 2 aromatic rings. The van der Waals surface area contributed by atoms with Gasteiger partial charge in [0.1, 0.15) is 4.99 Å². The summed E-state index contributed by atoms with van der Waals surface area (Å²) in [5.74, 6) is 0. The molecular formula is C16H20N2S. The van der Waals surface area contributed by atoms with Crippen molar-refractivity contribution in [3.05, 3.63) is 42.0 Å². The number of rotatable bonds is 5. The number of nitrogens with zero attached hydrogens (tertiary/aromatic N) is 1. The Hall–Kier alpha value is -1.61. The Kier molecular flexibility index (Phi) is 4.38. The van der Waals surface area contributed by atoms with Gasteiger partial charge in [-0.3, -0.25) is 0 Å². The average Bonchev–Trinajstić information content (AvgIpc) is 2.43. The third-order valence-corrected chi connectivity index (χ3v) is 3.60. The fourth-order valence-corrected chi connectivity index (χ4v) is 2.67.